The summed E-state index contributed by atoms with van der Waals surface area (Å²) in [6.45, 7) is 18.8. The summed E-state index contributed by atoms with van der Waals surface area (Å²) in [6.07, 6.45) is 2.96. The van der Waals surface area contributed by atoms with Gasteiger partial charge in [0.1, 0.15) is 11.6 Å². The van der Waals surface area contributed by atoms with Crippen molar-refractivity contribution in [2.45, 2.75) is 122 Å². The van der Waals surface area contributed by atoms with Crippen LogP contribution in [0, 0.1) is 22.7 Å². The quantitative estimate of drug-likeness (QED) is 0.240. The lowest BCUT2D eigenvalue weighted by Crippen LogP contribution is -2.81. The second-order valence-electron chi connectivity index (χ2n) is 13.6. The Hall–Kier alpha value is -2.01. The molecule has 1 heterocycles. The summed E-state index contributed by atoms with van der Waals surface area (Å²) >= 11 is 0. The van der Waals surface area contributed by atoms with Gasteiger partial charge in [0.25, 0.3) is 11.6 Å². The lowest BCUT2D eigenvalue weighted by molar-refractivity contribution is -0.412. The van der Waals surface area contributed by atoms with E-state index in [1.165, 1.54) is 6.92 Å². The number of esters is 1. The van der Waals surface area contributed by atoms with Gasteiger partial charge in [0.05, 0.1) is 11.2 Å². The molecule has 0 bridgehead atoms. The number of amides is 1. The minimum absolute atomic E-state index is 0.389. The van der Waals surface area contributed by atoms with E-state index >= 15 is 0 Å². The van der Waals surface area contributed by atoms with Gasteiger partial charge in [-0.25, -0.2) is 9.59 Å². The molecule has 2 unspecified atom stereocenters. The molecule has 0 aromatic heterocycles. The molecule has 1 amide bonds. The molecule has 2 saturated carbocycles. The Labute approximate surface area is 225 Å². The summed E-state index contributed by atoms with van der Waals surface area (Å²) in [4.78, 5) is 39.2. The molecule has 0 radical (unpaired) electrons. The average molecular weight is 540 g/mol. The van der Waals surface area contributed by atoms with Crippen LogP contribution in [0.4, 0.5) is 4.79 Å². The molecule has 2 aliphatic carbocycles. The highest BCUT2D eigenvalue weighted by molar-refractivity contribution is 5.94. The van der Waals surface area contributed by atoms with Gasteiger partial charge in [0.2, 0.25) is 5.78 Å². The number of aliphatic hydroxyl groups is 3. The number of carbonyl (C=O) groups excluding carboxylic acids is 3. The lowest BCUT2D eigenvalue weighted by atomic mass is 9.41. The third-order valence-electron chi connectivity index (χ3n) is 9.30. The van der Waals surface area contributed by atoms with Crippen LogP contribution in [0.5, 0.6) is 0 Å². The van der Waals surface area contributed by atoms with Crippen molar-refractivity contribution in [1.29, 1.82) is 0 Å². The van der Waals surface area contributed by atoms with Crippen LogP contribution in [-0.4, -0.2) is 67.6 Å². The van der Waals surface area contributed by atoms with Crippen molar-refractivity contribution in [3.05, 3.63) is 12.7 Å². The Bertz CT molecular complexity index is 1020. The van der Waals surface area contributed by atoms with E-state index in [1.807, 2.05) is 13.8 Å². The highest BCUT2D eigenvalue weighted by Crippen LogP contribution is 2.68. The lowest BCUT2D eigenvalue weighted by Gasteiger charge is -2.67. The first-order valence-corrected chi connectivity index (χ1v) is 13.3. The molecular formula is C28H45NO9. The maximum Gasteiger partial charge on any atom is 0.408 e. The van der Waals surface area contributed by atoms with Crippen LogP contribution in [0.25, 0.3) is 0 Å². The number of hydrogen-bond donors (Lipinski definition) is 4. The fraction of sp³-hybridized carbons (Fsp3) is 0.821. The molecule has 0 aromatic rings. The fourth-order valence-electron chi connectivity index (χ4n) is 7.29. The van der Waals surface area contributed by atoms with Crippen LogP contribution in [0.1, 0.15) is 88.0 Å². The van der Waals surface area contributed by atoms with Gasteiger partial charge in [-0.3, -0.25) is 4.79 Å². The predicted molar refractivity (Wildman–Crippen MR) is 137 cm³/mol. The zero-order valence-corrected chi connectivity index (χ0v) is 24.1. The molecule has 4 N–H and O–H groups in total. The highest BCUT2D eigenvalue weighted by Gasteiger charge is 2.80. The maximum atomic E-state index is 14.0. The normalized spacial score (nSPS) is 40.7. The van der Waals surface area contributed by atoms with Crippen molar-refractivity contribution in [3.8, 4) is 0 Å². The Morgan fingerprint density at radius 2 is 1.63 bits per heavy atom. The topological polar surface area (TPSA) is 152 Å². The number of rotatable bonds is 4. The van der Waals surface area contributed by atoms with E-state index in [0.29, 0.717) is 25.7 Å². The first-order chi connectivity index (χ1) is 17.0. The van der Waals surface area contributed by atoms with Gasteiger partial charge in [0, 0.05) is 16.7 Å². The summed E-state index contributed by atoms with van der Waals surface area (Å²) in [5, 5.41) is 36.6. The first-order valence-electron chi connectivity index (χ1n) is 13.3. The van der Waals surface area contributed by atoms with Crippen molar-refractivity contribution in [2.75, 3.05) is 0 Å². The van der Waals surface area contributed by atoms with E-state index < -0.39 is 69.0 Å². The van der Waals surface area contributed by atoms with Gasteiger partial charge in [-0.1, -0.05) is 26.8 Å². The van der Waals surface area contributed by atoms with Crippen LogP contribution in [0.2, 0.25) is 0 Å². The Balaban J connectivity index is 1.96. The number of nitrogens with one attached hydrogen (secondary N) is 1. The molecule has 3 aliphatic rings. The van der Waals surface area contributed by atoms with Crippen LogP contribution < -0.4 is 5.32 Å². The van der Waals surface area contributed by atoms with Crippen molar-refractivity contribution in [2.24, 2.45) is 22.7 Å². The third kappa shape index (κ3) is 4.47. The Morgan fingerprint density at radius 1 is 1.08 bits per heavy atom. The molecule has 216 valence electrons. The summed E-state index contributed by atoms with van der Waals surface area (Å²) in [6, 6.07) is -1.32. The van der Waals surface area contributed by atoms with Crippen molar-refractivity contribution >= 4 is 17.8 Å². The molecule has 1 aliphatic heterocycles. The van der Waals surface area contributed by atoms with E-state index in [1.54, 1.807) is 47.6 Å². The molecule has 10 nitrogen and oxygen atoms in total. The summed E-state index contributed by atoms with van der Waals surface area (Å²) < 4.78 is 17.0. The largest absolute Gasteiger partial charge is 0.444 e. The second kappa shape index (κ2) is 9.01. The molecule has 1 saturated heterocycles. The number of ketones is 1. The zero-order valence-electron chi connectivity index (χ0n) is 24.1. The van der Waals surface area contributed by atoms with E-state index in [2.05, 4.69) is 11.9 Å². The molecule has 0 aromatic carbocycles. The van der Waals surface area contributed by atoms with Gasteiger partial charge >= 0.3 is 12.1 Å². The van der Waals surface area contributed by atoms with E-state index in [9.17, 15) is 29.7 Å². The van der Waals surface area contributed by atoms with E-state index in [0.717, 1.165) is 0 Å². The number of ether oxygens (including phenoxy) is 3. The summed E-state index contributed by atoms with van der Waals surface area (Å²) in [5.41, 5.74) is -4.93. The average Bonchev–Trinajstić information content (AvgIpc) is 2.75. The second-order valence-corrected chi connectivity index (χ2v) is 13.6. The third-order valence-corrected chi connectivity index (χ3v) is 9.30. The van der Waals surface area contributed by atoms with Gasteiger partial charge < -0.3 is 34.8 Å². The number of fused-ring (bicyclic) bond motifs is 3. The molecule has 10 heteroatoms. The number of carbonyl (C=O) groups is 3. The number of alkyl carbamates (subject to hydrolysis) is 1. The SMILES string of the molecule is C=C[C@@]1(C)CC[C@H]2[C@@]3(C)C(=O)C(O)(O)C(O)(OC(=O)C(C)NC(=O)OC(C)(C)C)C(C)(C)[C@@H]3CC[C@@]2(C)O1. The summed E-state index contributed by atoms with van der Waals surface area (Å²) in [5.74, 6) is -9.59. The first kappa shape index (κ1) is 30.5. The van der Waals surface area contributed by atoms with E-state index in [-0.39, 0.29) is 5.92 Å². The van der Waals surface area contributed by atoms with Gasteiger partial charge in [-0.05, 0) is 73.1 Å². The minimum atomic E-state index is -3.43. The van der Waals surface area contributed by atoms with E-state index in [4.69, 9.17) is 14.2 Å². The van der Waals surface area contributed by atoms with Crippen LogP contribution in [0.15, 0.2) is 12.7 Å². The monoisotopic (exact) mass is 539 g/mol. The fourth-order valence-corrected chi connectivity index (χ4v) is 7.29. The molecule has 3 fully saturated rings. The van der Waals surface area contributed by atoms with Gasteiger partial charge in [0.15, 0.2) is 0 Å². The Morgan fingerprint density at radius 3 is 2.16 bits per heavy atom. The van der Waals surface area contributed by atoms with Gasteiger partial charge in [-0.2, -0.15) is 0 Å². The molecule has 38 heavy (non-hydrogen) atoms. The standard InChI is InChI=1S/C28H45NO9/c1-11-24(8)14-12-18-25(9,38-24)15-13-17-23(6,7)28(35,27(33,34)20(31)26(17,18)10)36-19(30)16(2)29-21(32)37-22(3,4)5/h11,16-18,33-35H,1,12-15H2,2-10H3,(H,29,32)/t16?,17-,18+,24-,25+,26-,28?/m0/s1. The maximum absolute atomic E-state index is 14.0. The van der Waals surface area contributed by atoms with Crippen LogP contribution in [0.3, 0.4) is 0 Å². The molecule has 0 spiro atoms. The number of hydrogen-bond acceptors (Lipinski definition) is 9. The summed E-state index contributed by atoms with van der Waals surface area (Å²) in [7, 11) is 0. The van der Waals surface area contributed by atoms with Crippen molar-refractivity contribution in [3.63, 3.8) is 0 Å². The molecular weight excluding hydrogens is 494 g/mol. The van der Waals surface area contributed by atoms with Crippen LogP contribution >= 0.6 is 0 Å². The zero-order chi connectivity index (χ0) is 29.3. The predicted octanol–water partition coefficient (Wildman–Crippen LogP) is 2.97. The van der Waals surface area contributed by atoms with Gasteiger partial charge in [-0.15, -0.1) is 6.58 Å². The van der Waals surface area contributed by atoms with Crippen molar-refractivity contribution < 1.29 is 43.9 Å². The Kier molecular flexibility index (Phi) is 7.24. The molecule has 3 rings (SSSR count). The van der Waals surface area contributed by atoms with Crippen molar-refractivity contribution in [1.82, 2.24) is 5.32 Å². The minimum Gasteiger partial charge on any atom is -0.444 e. The molecule has 7 atom stereocenters. The highest BCUT2D eigenvalue weighted by atomic mass is 16.7. The van der Waals surface area contributed by atoms with Crippen LogP contribution in [-0.2, 0) is 23.8 Å². The number of Topliss-reactive ketones (excluding diaryl/α,β-unsaturated/α-hetero) is 1. The smallest absolute Gasteiger partial charge is 0.408 e.